The first-order valence-electron chi connectivity index (χ1n) is 9.39. The van der Waals surface area contributed by atoms with Gasteiger partial charge in [-0.1, -0.05) is 6.07 Å². The van der Waals surface area contributed by atoms with Crippen molar-refractivity contribution in [3.05, 3.63) is 77.5 Å². The molecule has 0 spiro atoms. The van der Waals surface area contributed by atoms with E-state index in [1.54, 1.807) is 60.8 Å². The van der Waals surface area contributed by atoms with Crippen LogP contribution in [0.3, 0.4) is 0 Å². The Morgan fingerprint density at radius 3 is 2.43 bits per heavy atom. The highest BCUT2D eigenvalue weighted by Crippen LogP contribution is 2.22. The summed E-state index contributed by atoms with van der Waals surface area (Å²) < 4.78 is 33.2. The van der Waals surface area contributed by atoms with Crippen molar-refractivity contribution in [2.45, 2.75) is 25.7 Å². The number of benzene rings is 2. The van der Waals surface area contributed by atoms with Gasteiger partial charge in [-0.3, -0.25) is 9.52 Å². The zero-order chi connectivity index (χ0) is 21.7. The Morgan fingerprint density at radius 1 is 1.03 bits per heavy atom. The lowest BCUT2D eigenvalue weighted by atomic mass is 10.1. The number of anilines is 2. The van der Waals surface area contributed by atoms with Gasteiger partial charge in [0, 0.05) is 17.4 Å². The average Bonchev–Trinajstić information content (AvgIpc) is 2.72. The lowest BCUT2D eigenvalue weighted by Gasteiger charge is -2.11. The number of nitrogens with zero attached hydrogens (tertiary/aromatic N) is 1. The van der Waals surface area contributed by atoms with Crippen LogP contribution in [0.4, 0.5) is 11.4 Å². The van der Waals surface area contributed by atoms with Gasteiger partial charge < -0.3 is 10.1 Å². The van der Waals surface area contributed by atoms with Crippen molar-refractivity contribution in [3.63, 3.8) is 0 Å². The molecule has 2 N–H and O–H groups in total. The van der Waals surface area contributed by atoms with Gasteiger partial charge in [-0.2, -0.15) is 0 Å². The van der Waals surface area contributed by atoms with Crippen molar-refractivity contribution in [3.8, 4) is 5.88 Å². The summed E-state index contributed by atoms with van der Waals surface area (Å²) >= 11 is 0. The lowest BCUT2D eigenvalue weighted by Crippen LogP contribution is -2.15. The van der Waals surface area contributed by atoms with Crippen LogP contribution in [0.25, 0.3) is 0 Å². The minimum atomic E-state index is -3.72. The van der Waals surface area contributed by atoms with E-state index in [0.29, 0.717) is 29.4 Å². The number of carbonyl (C=O) groups is 1. The summed E-state index contributed by atoms with van der Waals surface area (Å²) in [5.74, 6) is -0.0151. The van der Waals surface area contributed by atoms with E-state index in [0.717, 1.165) is 11.1 Å². The van der Waals surface area contributed by atoms with Gasteiger partial charge in [0.1, 0.15) is 5.69 Å². The topological polar surface area (TPSA) is 97.4 Å². The first-order chi connectivity index (χ1) is 14.3. The van der Waals surface area contributed by atoms with Crippen LogP contribution in [-0.4, -0.2) is 25.9 Å². The molecule has 0 aliphatic heterocycles. The second-order valence-corrected chi connectivity index (χ2v) is 8.35. The van der Waals surface area contributed by atoms with Gasteiger partial charge in [0.25, 0.3) is 15.9 Å². The molecule has 0 unspecified atom stereocenters. The first kappa shape index (κ1) is 21.3. The maximum absolute atomic E-state index is 12.6. The second-order valence-electron chi connectivity index (χ2n) is 6.67. The number of nitrogens with one attached hydrogen (secondary N) is 2. The van der Waals surface area contributed by atoms with Crippen molar-refractivity contribution >= 4 is 27.3 Å². The quantitative estimate of drug-likeness (QED) is 0.593. The maximum Gasteiger partial charge on any atom is 0.261 e. The number of hydrogen-bond donors (Lipinski definition) is 2. The molecule has 30 heavy (non-hydrogen) atoms. The fourth-order valence-electron chi connectivity index (χ4n) is 2.72. The van der Waals surface area contributed by atoms with Crippen LogP contribution in [0.2, 0.25) is 0 Å². The largest absolute Gasteiger partial charge is 0.476 e. The molecule has 0 fully saturated rings. The Labute approximate surface area is 176 Å². The Bertz CT molecular complexity index is 1160. The number of ether oxygens (including phenoxy) is 1. The van der Waals surface area contributed by atoms with E-state index in [-0.39, 0.29) is 10.8 Å². The van der Waals surface area contributed by atoms with E-state index in [9.17, 15) is 13.2 Å². The lowest BCUT2D eigenvalue weighted by molar-refractivity contribution is 0.102. The Balaban J connectivity index is 1.73. The van der Waals surface area contributed by atoms with Crippen LogP contribution in [0.1, 0.15) is 28.4 Å². The Hall–Kier alpha value is -3.39. The molecular formula is C22H23N3O4S. The molecule has 0 radical (unpaired) electrons. The van der Waals surface area contributed by atoms with Crippen LogP contribution < -0.4 is 14.8 Å². The van der Waals surface area contributed by atoms with E-state index >= 15 is 0 Å². The highest BCUT2D eigenvalue weighted by Gasteiger charge is 2.16. The summed E-state index contributed by atoms with van der Waals surface area (Å²) in [7, 11) is -3.72. The van der Waals surface area contributed by atoms with Gasteiger partial charge in [0.05, 0.1) is 11.5 Å². The van der Waals surface area contributed by atoms with Crippen molar-refractivity contribution < 1.29 is 17.9 Å². The second kappa shape index (κ2) is 8.96. The van der Waals surface area contributed by atoms with Gasteiger partial charge in [0.2, 0.25) is 5.88 Å². The number of amides is 1. The summed E-state index contributed by atoms with van der Waals surface area (Å²) in [6.45, 7) is 6.04. The third-order valence-corrected chi connectivity index (χ3v) is 5.87. The monoisotopic (exact) mass is 425 g/mol. The molecule has 156 valence electrons. The first-order valence-corrected chi connectivity index (χ1v) is 10.9. The number of aryl methyl sites for hydroxylation is 2. The predicted octanol–water partition coefficient (Wildman–Crippen LogP) is 4.15. The number of rotatable bonds is 7. The standard InChI is InChI=1S/C22H23N3O4S/c1-4-29-22-20(6-5-13-23-22)24-21(26)17-8-10-18(11-9-17)25-30(27,28)19-12-7-15(2)16(3)14-19/h5-14,25H,4H2,1-3H3,(H,24,26). The molecule has 0 aliphatic rings. The van der Waals surface area contributed by atoms with E-state index in [2.05, 4.69) is 15.0 Å². The Kier molecular flexibility index (Phi) is 6.37. The average molecular weight is 426 g/mol. The van der Waals surface area contributed by atoms with Gasteiger partial charge >= 0.3 is 0 Å². The minimum absolute atomic E-state index is 0.187. The molecule has 0 saturated heterocycles. The highest BCUT2D eigenvalue weighted by atomic mass is 32.2. The summed E-state index contributed by atoms with van der Waals surface area (Å²) in [6.07, 6.45) is 1.58. The molecule has 7 nitrogen and oxygen atoms in total. The van der Waals surface area contributed by atoms with Crippen LogP contribution in [-0.2, 0) is 10.0 Å². The molecule has 0 aliphatic carbocycles. The van der Waals surface area contributed by atoms with Gasteiger partial charge in [0.15, 0.2) is 0 Å². The van der Waals surface area contributed by atoms with Gasteiger partial charge in [-0.05, 0) is 80.4 Å². The third kappa shape index (κ3) is 4.96. The van der Waals surface area contributed by atoms with E-state index in [1.165, 1.54) is 0 Å². The molecular weight excluding hydrogens is 402 g/mol. The molecule has 0 atom stereocenters. The van der Waals surface area contributed by atoms with E-state index in [4.69, 9.17) is 4.74 Å². The SMILES string of the molecule is CCOc1ncccc1NC(=O)c1ccc(NS(=O)(=O)c2ccc(C)c(C)c2)cc1. The van der Waals surface area contributed by atoms with Crippen LogP contribution in [0.15, 0.2) is 65.7 Å². The molecule has 0 bridgehead atoms. The molecule has 1 heterocycles. The van der Waals surface area contributed by atoms with Crippen molar-refractivity contribution in [1.29, 1.82) is 0 Å². The molecule has 8 heteroatoms. The molecule has 3 aromatic rings. The summed E-state index contributed by atoms with van der Waals surface area (Å²) in [6, 6.07) is 14.5. The van der Waals surface area contributed by atoms with Gasteiger partial charge in [-0.15, -0.1) is 0 Å². The van der Waals surface area contributed by atoms with Crippen molar-refractivity contribution in [2.75, 3.05) is 16.6 Å². The zero-order valence-corrected chi connectivity index (χ0v) is 17.8. The molecule has 3 rings (SSSR count). The highest BCUT2D eigenvalue weighted by molar-refractivity contribution is 7.92. The van der Waals surface area contributed by atoms with Crippen molar-refractivity contribution in [2.24, 2.45) is 0 Å². The van der Waals surface area contributed by atoms with E-state index < -0.39 is 10.0 Å². The Morgan fingerprint density at radius 2 is 1.77 bits per heavy atom. The van der Waals surface area contributed by atoms with E-state index in [1.807, 2.05) is 20.8 Å². The van der Waals surface area contributed by atoms with Crippen LogP contribution >= 0.6 is 0 Å². The predicted molar refractivity (Wildman–Crippen MR) is 117 cm³/mol. The summed E-state index contributed by atoms with van der Waals surface area (Å²) in [4.78, 5) is 16.8. The van der Waals surface area contributed by atoms with Crippen molar-refractivity contribution in [1.82, 2.24) is 4.98 Å². The van der Waals surface area contributed by atoms with Crippen LogP contribution in [0, 0.1) is 13.8 Å². The fourth-order valence-corrected chi connectivity index (χ4v) is 3.86. The summed E-state index contributed by atoms with van der Waals surface area (Å²) in [5.41, 5.74) is 3.11. The molecule has 1 aromatic heterocycles. The number of hydrogen-bond acceptors (Lipinski definition) is 5. The number of pyridine rings is 1. The zero-order valence-electron chi connectivity index (χ0n) is 17.0. The fraction of sp³-hybridized carbons (Fsp3) is 0.182. The molecule has 2 aromatic carbocycles. The molecule has 1 amide bonds. The normalized spacial score (nSPS) is 11.0. The smallest absolute Gasteiger partial charge is 0.261 e. The number of sulfonamides is 1. The maximum atomic E-state index is 12.6. The van der Waals surface area contributed by atoms with Gasteiger partial charge in [-0.25, -0.2) is 13.4 Å². The number of aromatic nitrogens is 1. The third-order valence-electron chi connectivity index (χ3n) is 4.49. The summed E-state index contributed by atoms with van der Waals surface area (Å²) in [5, 5.41) is 2.75. The number of carbonyl (C=O) groups excluding carboxylic acids is 1. The minimum Gasteiger partial charge on any atom is -0.476 e. The van der Waals surface area contributed by atoms with Crippen LogP contribution in [0.5, 0.6) is 5.88 Å². The molecule has 0 saturated carbocycles.